The monoisotopic (exact) mass is 386 g/mol. The second kappa shape index (κ2) is 7.80. The zero-order valence-electron chi connectivity index (χ0n) is 16.4. The average Bonchev–Trinajstić information content (AvgIpc) is 3.02. The van der Waals surface area contributed by atoms with E-state index in [0.29, 0.717) is 16.8 Å². The lowest BCUT2D eigenvalue weighted by atomic mass is 10.0. The molecule has 1 heterocycles. The summed E-state index contributed by atoms with van der Waals surface area (Å²) in [4.78, 5) is 26.8. The van der Waals surface area contributed by atoms with Crippen LogP contribution in [0.1, 0.15) is 31.8 Å². The van der Waals surface area contributed by atoms with Crippen LogP contribution in [0.3, 0.4) is 0 Å². The number of hydrogen-bond donors (Lipinski definition) is 1. The Labute approximate surface area is 169 Å². The van der Waals surface area contributed by atoms with Crippen LogP contribution >= 0.6 is 0 Å². The third kappa shape index (κ3) is 3.59. The summed E-state index contributed by atoms with van der Waals surface area (Å²) in [6, 6.07) is 20.9. The first kappa shape index (κ1) is 18.7. The van der Waals surface area contributed by atoms with E-state index in [4.69, 9.17) is 4.74 Å². The number of aryl methyl sites for hydroxylation is 2. The number of hydrogen-bond acceptors (Lipinski definition) is 4. The predicted molar refractivity (Wildman–Crippen MR) is 114 cm³/mol. The number of rotatable bonds is 6. The number of methoxy groups -OCH3 is 1. The van der Waals surface area contributed by atoms with Gasteiger partial charge in [0.1, 0.15) is 5.75 Å². The first-order valence-corrected chi connectivity index (χ1v) is 9.53. The van der Waals surface area contributed by atoms with E-state index in [1.165, 1.54) is 10.5 Å². The van der Waals surface area contributed by atoms with Crippen molar-refractivity contribution in [2.75, 3.05) is 24.4 Å². The van der Waals surface area contributed by atoms with Gasteiger partial charge in [0.05, 0.1) is 23.9 Å². The van der Waals surface area contributed by atoms with Crippen molar-refractivity contribution >= 4 is 23.2 Å². The molecule has 0 saturated carbocycles. The molecular weight excluding hydrogens is 364 g/mol. The van der Waals surface area contributed by atoms with Gasteiger partial charge < -0.3 is 10.1 Å². The molecule has 0 aliphatic carbocycles. The van der Waals surface area contributed by atoms with Crippen molar-refractivity contribution in [2.45, 2.75) is 12.8 Å². The Bertz CT molecular complexity index is 1060. The molecule has 0 atom stereocenters. The summed E-state index contributed by atoms with van der Waals surface area (Å²) in [5.74, 6) is 0.285. The topological polar surface area (TPSA) is 58.6 Å². The van der Waals surface area contributed by atoms with Gasteiger partial charge in [-0.3, -0.25) is 9.59 Å². The fourth-order valence-electron chi connectivity index (χ4n) is 3.52. The van der Waals surface area contributed by atoms with Gasteiger partial charge in [-0.15, -0.1) is 0 Å². The van der Waals surface area contributed by atoms with Crippen molar-refractivity contribution in [3.8, 4) is 5.75 Å². The quantitative estimate of drug-likeness (QED) is 0.641. The SMILES string of the molecule is CNc1ccc2c(c1)C(=O)N(c1ccc(CCc3ccc(OC)cc3)cc1)C2=O. The average molecular weight is 386 g/mol. The molecule has 0 fully saturated rings. The maximum absolute atomic E-state index is 12.8. The molecule has 0 unspecified atom stereocenters. The molecule has 2 amide bonds. The van der Waals surface area contributed by atoms with E-state index in [9.17, 15) is 9.59 Å². The van der Waals surface area contributed by atoms with E-state index in [1.54, 1.807) is 32.4 Å². The van der Waals surface area contributed by atoms with Crippen LogP contribution in [0, 0.1) is 0 Å². The van der Waals surface area contributed by atoms with Gasteiger partial charge in [-0.25, -0.2) is 4.90 Å². The Balaban J connectivity index is 1.47. The van der Waals surface area contributed by atoms with Crippen molar-refractivity contribution in [1.29, 1.82) is 0 Å². The van der Waals surface area contributed by atoms with Crippen LogP contribution in [0.2, 0.25) is 0 Å². The van der Waals surface area contributed by atoms with E-state index >= 15 is 0 Å². The van der Waals surface area contributed by atoms with Gasteiger partial charge >= 0.3 is 0 Å². The Morgan fingerprint density at radius 1 is 0.793 bits per heavy atom. The highest BCUT2D eigenvalue weighted by Crippen LogP contribution is 2.30. The summed E-state index contributed by atoms with van der Waals surface area (Å²) in [5.41, 5.74) is 4.66. The maximum Gasteiger partial charge on any atom is 0.266 e. The number of benzene rings is 3. The molecule has 5 heteroatoms. The Kier molecular flexibility index (Phi) is 5.04. The molecule has 1 aliphatic rings. The van der Waals surface area contributed by atoms with Gasteiger partial charge in [0.2, 0.25) is 0 Å². The second-order valence-electron chi connectivity index (χ2n) is 6.97. The molecule has 0 aromatic heterocycles. The summed E-state index contributed by atoms with van der Waals surface area (Å²) < 4.78 is 5.18. The summed E-state index contributed by atoms with van der Waals surface area (Å²) in [7, 11) is 3.44. The fourth-order valence-corrected chi connectivity index (χ4v) is 3.52. The van der Waals surface area contributed by atoms with Crippen molar-refractivity contribution in [3.63, 3.8) is 0 Å². The van der Waals surface area contributed by atoms with E-state index in [2.05, 4.69) is 17.4 Å². The minimum Gasteiger partial charge on any atom is -0.497 e. The Morgan fingerprint density at radius 2 is 1.38 bits per heavy atom. The molecule has 1 N–H and O–H groups in total. The molecule has 4 rings (SSSR count). The van der Waals surface area contributed by atoms with Crippen LogP contribution in [-0.2, 0) is 12.8 Å². The van der Waals surface area contributed by atoms with Crippen molar-refractivity contribution in [2.24, 2.45) is 0 Å². The zero-order valence-corrected chi connectivity index (χ0v) is 16.4. The lowest BCUT2D eigenvalue weighted by Gasteiger charge is -2.14. The number of anilines is 2. The van der Waals surface area contributed by atoms with Crippen LogP contribution in [0.4, 0.5) is 11.4 Å². The molecule has 0 spiro atoms. The zero-order chi connectivity index (χ0) is 20.4. The Hall–Kier alpha value is -3.60. The summed E-state index contributed by atoms with van der Waals surface area (Å²) in [6.07, 6.45) is 1.78. The molecule has 0 bridgehead atoms. The molecule has 3 aromatic carbocycles. The lowest BCUT2D eigenvalue weighted by Crippen LogP contribution is -2.29. The van der Waals surface area contributed by atoms with Crippen LogP contribution in [0.25, 0.3) is 0 Å². The van der Waals surface area contributed by atoms with E-state index in [0.717, 1.165) is 29.8 Å². The normalized spacial score (nSPS) is 12.8. The van der Waals surface area contributed by atoms with Crippen molar-refractivity contribution < 1.29 is 14.3 Å². The third-order valence-electron chi connectivity index (χ3n) is 5.23. The molecule has 0 saturated heterocycles. The van der Waals surface area contributed by atoms with Gasteiger partial charge in [-0.05, 0) is 66.4 Å². The first-order valence-electron chi connectivity index (χ1n) is 9.53. The number of nitrogens with zero attached hydrogens (tertiary/aromatic N) is 1. The maximum atomic E-state index is 12.8. The van der Waals surface area contributed by atoms with Crippen LogP contribution in [0.15, 0.2) is 66.7 Å². The molecule has 1 aliphatic heterocycles. The van der Waals surface area contributed by atoms with Gasteiger partial charge in [0.15, 0.2) is 0 Å². The summed E-state index contributed by atoms with van der Waals surface area (Å²) in [6.45, 7) is 0. The van der Waals surface area contributed by atoms with Crippen LogP contribution < -0.4 is 15.0 Å². The molecule has 29 heavy (non-hydrogen) atoms. The third-order valence-corrected chi connectivity index (χ3v) is 5.23. The summed E-state index contributed by atoms with van der Waals surface area (Å²) in [5, 5.41) is 3.00. The lowest BCUT2D eigenvalue weighted by molar-refractivity contribution is 0.0926. The predicted octanol–water partition coefficient (Wildman–Crippen LogP) is 4.32. The highest BCUT2D eigenvalue weighted by atomic mass is 16.5. The van der Waals surface area contributed by atoms with Gasteiger partial charge in [-0.2, -0.15) is 0 Å². The van der Waals surface area contributed by atoms with E-state index in [-0.39, 0.29) is 11.8 Å². The molecule has 146 valence electrons. The van der Waals surface area contributed by atoms with Gasteiger partial charge in [-0.1, -0.05) is 24.3 Å². The second-order valence-corrected chi connectivity index (χ2v) is 6.97. The number of carbonyl (C=O) groups is 2. The van der Waals surface area contributed by atoms with Gasteiger partial charge in [0, 0.05) is 12.7 Å². The fraction of sp³-hybridized carbons (Fsp3) is 0.167. The standard InChI is InChI=1S/C24H22N2O3/c1-25-18-9-14-21-22(15-18)24(28)26(23(21)27)19-10-5-16(6-11-19)3-4-17-7-12-20(29-2)13-8-17/h5-15,25H,3-4H2,1-2H3. The van der Waals surface area contributed by atoms with Crippen molar-refractivity contribution in [1.82, 2.24) is 0 Å². The van der Waals surface area contributed by atoms with Crippen molar-refractivity contribution in [3.05, 3.63) is 89.0 Å². The van der Waals surface area contributed by atoms with Crippen LogP contribution in [0.5, 0.6) is 5.75 Å². The minimum absolute atomic E-state index is 0.279. The molecular formula is C24H22N2O3. The van der Waals surface area contributed by atoms with E-state index in [1.807, 2.05) is 36.4 Å². The van der Waals surface area contributed by atoms with Crippen LogP contribution in [-0.4, -0.2) is 26.0 Å². The number of ether oxygens (including phenoxy) is 1. The summed E-state index contributed by atoms with van der Waals surface area (Å²) >= 11 is 0. The largest absolute Gasteiger partial charge is 0.497 e. The minimum atomic E-state index is -0.284. The molecule has 0 radical (unpaired) electrons. The molecule has 3 aromatic rings. The number of amides is 2. The first-order chi connectivity index (χ1) is 14.1. The number of fused-ring (bicyclic) bond motifs is 1. The molecule has 5 nitrogen and oxygen atoms in total. The number of nitrogens with one attached hydrogen (secondary N) is 1. The highest BCUT2D eigenvalue weighted by molar-refractivity contribution is 6.34. The van der Waals surface area contributed by atoms with Gasteiger partial charge in [0.25, 0.3) is 11.8 Å². The van der Waals surface area contributed by atoms with E-state index < -0.39 is 0 Å². The Morgan fingerprint density at radius 3 is 1.97 bits per heavy atom. The number of carbonyl (C=O) groups excluding carboxylic acids is 2. The smallest absolute Gasteiger partial charge is 0.266 e. The highest BCUT2D eigenvalue weighted by Gasteiger charge is 2.36. The number of imide groups is 1.